The number of rotatable bonds is 11. The summed E-state index contributed by atoms with van der Waals surface area (Å²) < 4.78 is 35.5. The van der Waals surface area contributed by atoms with Crippen molar-refractivity contribution in [2.45, 2.75) is 83.7 Å². The highest BCUT2D eigenvalue weighted by Gasteiger charge is 2.37. The van der Waals surface area contributed by atoms with Crippen LogP contribution in [-0.4, -0.2) is 50.5 Å². The van der Waals surface area contributed by atoms with Crippen LogP contribution < -0.4 is 14.8 Å². The van der Waals surface area contributed by atoms with Gasteiger partial charge < -0.3 is 19.5 Å². The number of aliphatic hydroxyl groups is 1. The minimum atomic E-state index is -3.63. The fourth-order valence-electron chi connectivity index (χ4n) is 5.99. The molecule has 4 atom stereocenters. The van der Waals surface area contributed by atoms with Gasteiger partial charge in [0.25, 0.3) is 0 Å². The quantitative estimate of drug-likeness (QED) is 0.218. The molecule has 2 aromatic carbocycles. The van der Waals surface area contributed by atoms with E-state index in [1.165, 1.54) is 5.56 Å². The van der Waals surface area contributed by atoms with Crippen LogP contribution in [0.4, 0.5) is 5.69 Å². The summed E-state index contributed by atoms with van der Waals surface area (Å²) >= 11 is 6.32. The Labute approximate surface area is 267 Å². The summed E-state index contributed by atoms with van der Waals surface area (Å²) in [5.41, 5.74) is 3.60. The number of anilines is 1. The summed E-state index contributed by atoms with van der Waals surface area (Å²) in [7, 11) is -3.63. The van der Waals surface area contributed by atoms with Gasteiger partial charge >= 0.3 is 5.97 Å². The monoisotopic (exact) mass is 646 g/mol. The summed E-state index contributed by atoms with van der Waals surface area (Å²) in [6.45, 7) is 8.00. The van der Waals surface area contributed by atoms with Crippen LogP contribution in [0.3, 0.4) is 0 Å². The van der Waals surface area contributed by atoms with E-state index >= 15 is 0 Å². The zero-order valence-electron chi connectivity index (χ0n) is 26.1. The molecule has 3 N–H and O–H groups in total. The zero-order chi connectivity index (χ0) is 31.9. The molecule has 1 fully saturated rings. The Morgan fingerprint density at radius 3 is 2.66 bits per heavy atom. The summed E-state index contributed by atoms with van der Waals surface area (Å²) in [4.78, 5) is 15.2. The molecule has 1 aliphatic carbocycles. The SMILES string of the molecule is CC[C@H](C/C=C/[C@H](O)[C@@H]1CC[C@H]1CN1CCCCc2cc(Cl)ccc2COc2ccc(C(=O)OCC(C)C)cc21)S(N)(=O)=O. The smallest absolute Gasteiger partial charge is 0.338 e. The number of esters is 1. The number of carbonyl (C=O) groups is 1. The van der Waals surface area contributed by atoms with Crippen LogP contribution in [0.25, 0.3) is 0 Å². The molecule has 8 nitrogen and oxygen atoms in total. The number of primary sulfonamides is 1. The molecule has 0 saturated heterocycles. The molecule has 242 valence electrons. The minimum Gasteiger partial charge on any atom is -0.487 e. The number of aryl methyl sites for hydroxylation is 1. The van der Waals surface area contributed by atoms with Crippen molar-refractivity contribution in [1.29, 1.82) is 0 Å². The van der Waals surface area contributed by atoms with E-state index in [1.807, 2.05) is 44.2 Å². The predicted molar refractivity (Wildman–Crippen MR) is 176 cm³/mol. The molecule has 4 rings (SSSR count). The maximum atomic E-state index is 13.0. The predicted octanol–water partition coefficient (Wildman–Crippen LogP) is 6.28. The van der Waals surface area contributed by atoms with Gasteiger partial charge in [-0.2, -0.15) is 0 Å². The number of hydrogen-bond acceptors (Lipinski definition) is 7. The van der Waals surface area contributed by atoms with Crippen molar-refractivity contribution in [3.63, 3.8) is 0 Å². The largest absolute Gasteiger partial charge is 0.487 e. The second-order valence-electron chi connectivity index (χ2n) is 12.6. The van der Waals surface area contributed by atoms with Crippen LogP contribution in [0.15, 0.2) is 48.6 Å². The number of aliphatic hydroxyl groups excluding tert-OH is 1. The number of benzene rings is 2. The van der Waals surface area contributed by atoms with E-state index in [0.29, 0.717) is 42.5 Å². The fourth-order valence-corrected chi connectivity index (χ4v) is 7.03. The highest BCUT2D eigenvalue weighted by molar-refractivity contribution is 7.89. The lowest BCUT2D eigenvalue weighted by Crippen LogP contribution is -2.43. The maximum absolute atomic E-state index is 13.0. The molecule has 2 aromatic rings. The maximum Gasteiger partial charge on any atom is 0.338 e. The molecule has 0 aromatic heterocycles. The number of halogens is 1. The van der Waals surface area contributed by atoms with E-state index in [2.05, 4.69) is 4.90 Å². The Balaban J connectivity index is 1.56. The van der Waals surface area contributed by atoms with Gasteiger partial charge in [0.1, 0.15) is 12.4 Å². The third-order valence-corrected chi connectivity index (χ3v) is 10.5. The molecule has 0 radical (unpaired) electrons. The molecule has 1 aliphatic heterocycles. The van der Waals surface area contributed by atoms with E-state index in [9.17, 15) is 18.3 Å². The van der Waals surface area contributed by atoms with Gasteiger partial charge in [-0.15, -0.1) is 0 Å². The molecule has 2 aliphatic rings. The van der Waals surface area contributed by atoms with Crippen LogP contribution in [0, 0.1) is 17.8 Å². The highest BCUT2D eigenvalue weighted by atomic mass is 35.5. The van der Waals surface area contributed by atoms with Crippen LogP contribution in [0.1, 0.15) is 80.8 Å². The molecule has 0 unspecified atom stereocenters. The van der Waals surface area contributed by atoms with Crippen molar-refractivity contribution in [1.82, 2.24) is 0 Å². The standard InChI is InChI=1S/C34H47ClN2O6S/c1-4-29(44(36,40)41)9-7-10-32(38)30-15-12-26(30)20-37-17-6-5-8-24-18-28(35)14-11-27(24)22-42-33-16-13-25(19-31(33)37)34(39)43-21-23(2)3/h7,10-11,13-14,16,18-19,23,26,29-30,32,38H,4-6,8-9,12,15,17,20-22H2,1-3H3,(H2,36,40,41)/b10-7+/t26-,29+,30+,32-/m0/s1. The van der Waals surface area contributed by atoms with E-state index in [1.54, 1.807) is 25.1 Å². The number of ether oxygens (including phenoxy) is 2. The lowest BCUT2D eigenvalue weighted by atomic mass is 9.70. The van der Waals surface area contributed by atoms with Gasteiger partial charge in [0.15, 0.2) is 0 Å². The molecule has 10 heteroatoms. The molecular weight excluding hydrogens is 600 g/mol. The number of nitrogens with two attached hydrogens (primary N) is 1. The molecule has 0 amide bonds. The lowest BCUT2D eigenvalue weighted by molar-refractivity contribution is 0.0459. The van der Waals surface area contributed by atoms with E-state index in [4.69, 9.17) is 26.2 Å². The molecule has 0 spiro atoms. The second kappa shape index (κ2) is 15.6. The van der Waals surface area contributed by atoms with Gasteiger partial charge in [-0.05, 0) is 104 Å². The van der Waals surface area contributed by atoms with Crippen molar-refractivity contribution in [3.05, 3.63) is 70.3 Å². The first-order chi connectivity index (χ1) is 21.0. The number of nitrogens with zero attached hydrogens (tertiary/aromatic N) is 1. The Morgan fingerprint density at radius 1 is 1.18 bits per heavy atom. The molecule has 44 heavy (non-hydrogen) atoms. The zero-order valence-corrected chi connectivity index (χ0v) is 27.7. The third kappa shape index (κ3) is 9.22. The second-order valence-corrected chi connectivity index (χ2v) is 14.8. The van der Waals surface area contributed by atoms with Crippen molar-refractivity contribution < 1.29 is 27.8 Å². The number of allylic oxidation sites excluding steroid dienone is 1. The normalized spacial score (nSPS) is 20.6. The van der Waals surface area contributed by atoms with Crippen LogP contribution in [0.5, 0.6) is 5.75 Å². The average molecular weight is 647 g/mol. The van der Waals surface area contributed by atoms with Gasteiger partial charge in [0, 0.05) is 18.1 Å². The van der Waals surface area contributed by atoms with E-state index < -0.39 is 21.4 Å². The average Bonchev–Trinajstić information content (AvgIpc) is 2.98. The Bertz CT molecular complexity index is 1410. The van der Waals surface area contributed by atoms with Gasteiger partial charge in [0.2, 0.25) is 10.0 Å². The van der Waals surface area contributed by atoms with Crippen molar-refractivity contribution in [2.24, 2.45) is 22.9 Å². The number of carbonyl (C=O) groups excluding carboxylic acids is 1. The summed E-state index contributed by atoms with van der Waals surface area (Å²) in [6.07, 6.45) is 8.14. The fraction of sp³-hybridized carbons (Fsp3) is 0.559. The number of sulfonamides is 1. The Hall–Kier alpha value is -2.59. The number of fused-ring (bicyclic) bond motifs is 2. The van der Waals surface area contributed by atoms with Crippen LogP contribution >= 0.6 is 11.6 Å². The van der Waals surface area contributed by atoms with Crippen molar-refractivity contribution in [2.75, 3.05) is 24.6 Å². The van der Waals surface area contributed by atoms with E-state index in [0.717, 1.165) is 49.9 Å². The molecule has 1 heterocycles. The first kappa shape index (κ1) is 34.3. The summed E-state index contributed by atoms with van der Waals surface area (Å²) in [5.74, 6) is 0.839. The van der Waals surface area contributed by atoms with E-state index in [-0.39, 0.29) is 30.1 Å². The third-order valence-electron chi connectivity index (χ3n) is 8.78. The van der Waals surface area contributed by atoms with Crippen molar-refractivity contribution in [3.8, 4) is 5.75 Å². The first-order valence-electron chi connectivity index (χ1n) is 15.8. The first-order valence-corrected chi connectivity index (χ1v) is 17.8. The van der Waals surface area contributed by atoms with Gasteiger partial charge in [-0.25, -0.2) is 18.4 Å². The summed E-state index contributed by atoms with van der Waals surface area (Å²) in [6, 6.07) is 11.4. The Morgan fingerprint density at radius 2 is 1.98 bits per heavy atom. The highest BCUT2D eigenvalue weighted by Crippen LogP contribution is 2.41. The summed E-state index contributed by atoms with van der Waals surface area (Å²) in [5, 5.41) is 16.4. The molecular formula is C34H47ClN2O6S. The molecule has 1 saturated carbocycles. The van der Waals surface area contributed by atoms with Gasteiger partial charge in [-0.1, -0.05) is 50.6 Å². The topological polar surface area (TPSA) is 119 Å². The lowest BCUT2D eigenvalue weighted by Gasteiger charge is -2.42. The van der Waals surface area contributed by atoms with Gasteiger partial charge in [0.05, 0.1) is 29.2 Å². The van der Waals surface area contributed by atoms with Crippen LogP contribution in [0.2, 0.25) is 5.02 Å². The van der Waals surface area contributed by atoms with Crippen molar-refractivity contribution >= 4 is 33.3 Å². The van der Waals surface area contributed by atoms with Gasteiger partial charge in [-0.3, -0.25) is 0 Å². The molecule has 0 bridgehead atoms. The van der Waals surface area contributed by atoms with Crippen LogP contribution in [-0.2, 0) is 27.8 Å². The Kier molecular flexibility index (Phi) is 12.2. The minimum absolute atomic E-state index is 0.0500. The number of hydrogen-bond donors (Lipinski definition) is 2.